The molecule has 0 aliphatic carbocycles. The van der Waals surface area contributed by atoms with Crippen molar-refractivity contribution in [2.24, 2.45) is 0 Å². The second-order valence-electron chi connectivity index (χ2n) is 6.00. The Bertz CT molecular complexity index is 922. The van der Waals surface area contributed by atoms with Gasteiger partial charge in [-0.2, -0.15) is 0 Å². The number of aromatic nitrogens is 2. The summed E-state index contributed by atoms with van der Waals surface area (Å²) in [4.78, 5) is 32.4. The van der Waals surface area contributed by atoms with E-state index < -0.39 is 0 Å². The lowest BCUT2D eigenvalue weighted by Crippen LogP contribution is -2.34. The van der Waals surface area contributed by atoms with Gasteiger partial charge >= 0.3 is 5.69 Å². The molecular formula is C17H20N4O2S. The highest BCUT2D eigenvalue weighted by Gasteiger charge is 2.19. The Kier molecular flexibility index (Phi) is 4.55. The molecule has 7 heteroatoms. The molecule has 1 atom stereocenters. The van der Waals surface area contributed by atoms with Crippen LogP contribution in [0.1, 0.15) is 26.8 Å². The van der Waals surface area contributed by atoms with Crippen molar-refractivity contribution in [2.45, 2.75) is 13.0 Å². The van der Waals surface area contributed by atoms with Gasteiger partial charge in [0.15, 0.2) is 0 Å². The zero-order chi connectivity index (χ0) is 17.3. The standard InChI is InChI=1S/C17H20N4O2S/c1-10-6-7-24-15(10)14(21(2)3)9-18-16(22)11-4-5-12-13(8-11)20-17(23)19-12/h4-8,14H,9H2,1-3H3,(H,18,22)(H2,19,20,23)/t14-/m0/s1. The van der Waals surface area contributed by atoms with E-state index in [0.717, 1.165) is 0 Å². The van der Waals surface area contributed by atoms with Gasteiger partial charge in [-0.05, 0) is 56.2 Å². The fraction of sp³-hybridized carbons (Fsp3) is 0.294. The predicted octanol–water partition coefficient (Wildman–Crippen LogP) is 2.26. The van der Waals surface area contributed by atoms with Crippen LogP contribution in [0.25, 0.3) is 11.0 Å². The van der Waals surface area contributed by atoms with Crippen LogP contribution < -0.4 is 11.0 Å². The Morgan fingerprint density at radius 1 is 1.25 bits per heavy atom. The molecule has 1 amide bonds. The van der Waals surface area contributed by atoms with Crippen LogP contribution in [0.5, 0.6) is 0 Å². The van der Waals surface area contributed by atoms with Crippen LogP contribution in [0, 0.1) is 6.92 Å². The summed E-state index contributed by atoms with van der Waals surface area (Å²) < 4.78 is 0. The molecule has 24 heavy (non-hydrogen) atoms. The Morgan fingerprint density at radius 3 is 2.67 bits per heavy atom. The van der Waals surface area contributed by atoms with Gasteiger partial charge in [-0.1, -0.05) is 0 Å². The molecule has 2 aromatic heterocycles. The van der Waals surface area contributed by atoms with Crippen LogP contribution >= 0.6 is 11.3 Å². The molecule has 0 spiro atoms. The third-order valence-electron chi connectivity index (χ3n) is 4.06. The fourth-order valence-corrected chi connectivity index (χ4v) is 3.82. The summed E-state index contributed by atoms with van der Waals surface area (Å²) >= 11 is 1.70. The average molecular weight is 344 g/mol. The molecule has 0 saturated heterocycles. The largest absolute Gasteiger partial charge is 0.350 e. The molecule has 3 aromatic rings. The predicted molar refractivity (Wildman–Crippen MR) is 96.7 cm³/mol. The first-order valence-corrected chi connectivity index (χ1v) is 8.54. The number of benzene rings is 1. The summed E-state index contributed by atoms with van der Waals surface area (Å²) in [6.45, 7) is 2.61. The molecule has 126 valence electrons. The molecule has 1 aromatic carbocycles. The SMILES string of the molecule is Cc1ccsc1[C@H](CNC(=O)c1ccc2[nH]c(=O)[nH]c2c1)N(C)C. The minimum atomic E-state index is -0.275. The number of amides is 1. The number of imidazole rings is 1. The van der Waals surface area contributed by atoms with E-state index in [2.05, 4.69) is 38.6 Å². The van der Waals surface area contributed by atoms with Gasteiger partial charge in [-0.3, -0.25) is 4.79 Å². The first kappa shape index (κ1) is 16.5. The summed E-state index contributed by atoms with van der Waals surface area (Å²) in [5.41, 5.74) is 2.81. The number of aryl methyl sites for hydroxylation is 1. The highest BCUT2D eigenvalue weighted by Crippen LogP contribution is 2.26. The Hall–Kier alpha value is -2.38. The van der Waals surface area contributed by atoms with E-state index in [1.165, 1.54) is 10.4 Å². The third kappa shape index (κ3) is 3.27. The number of fused-ring (bicyclic) bond motifs is 1. The highest BCUT2D eigenvalue weighted by atomic mass is 32.1. The normalized spacial score (nSPS) is 12.7. The van der Waals surface area contributed by atoms with Crippen LogP contribution in [0.2, 0.25) is 0 Å². The smallest absolute Gasteiger partial charge is 0.323 e. The van der Waals surface area contributed by atoms with Gasteiger partial charge in [0.1, 0.15) is 0 Å². The molecule has 0 aliphatic rings. The van der Waals surface area contributed by atoms with E-state index in [1.807, 2.05) is 14.1 Å². The van der Waals surface area contributed by atoms with Gasteiger partial charge in [-0.15, -0.1) is 11.3 Å². The van der Waals surface area contributed by atoms with Crippen LogP contribution in [-0.4, -0.2) is 41.4 Å². The van der Waals surface area contributed by atoms with Crippen molar-refractivity contribution < 1.29 is 4.79 Å². The Balaban J connectivity index is 1.75. The summed E-state index contributed by atoms with van der Waals surface area (Å²) in [7, 11) is 4.01. The molecule has 3 N–H and O–H groups in total. The van der Waals surface area contributed by atoms with Crippen molar-refractivity contribution in [1.82, 2.24) is 20.2 Å². The molecule has 6 nitrogen and oxygen atoms in total. The van der Waals surface area contributed by atoms with Gasteiger partial charge in [0.2, 0.25) is 0 Å². The van der Waals surface area contributed by atoms with E-state index in [-0.39, 0.29) is 17.6 Å². The van der Waals surface area contributed by atoms with E-state index >= 15 is 0 Å². The highest BCUT2D eigenvalue weighted by molar-refractivity contribution is 7.10. The lowest BCUT2D eigenvalue weighted by Gasteiger charge is -2.24. The number of H-pyrrole nitrogens is 2. The minimum Gasteiger partial charge on any atom is -0.350 e. The summed E-state index contributed by atoms with van der Waals surface area (Å²) in [6, 6.07) is 7.35. The molecule has 0 unspecified atom stereocenters. The number of thiophene rings is 1. The zero-order valence-electron chi connectivity index (χ0n) is 13.8. The van der Waals surface area contributed by atoms with Gasteiger partial charge in [0.05, 0.1) is 17.1 Å². The monoisotopic (exact) mass is 344 g/mol. The molecule has 0 saturated carbocycles. The molecule has 0 bridgehead atoms. The maximum Gasteiger partial charge on any atom is 0.323 e. The lowest BCUT2D eigenvalue weighted by atomic mass is 10.1. The summed E-state index contributed by atoms with van der Waals surface area (Å²) in [5, 5.41) is 5.06. The first-order valence-electron chi connectivity index (χ1n) is 7.66. The van der Waals surface area contributed by atoms with E-state index in [1.54, 1.807) is 29.5 Å². The number of rotatable bonds is 5. The fourth-order valence-electron chi connectivity index (χ4n) is 2.70. The van der Waals surface area contributed by atoms with E-state index in [4.69, 9.17) is 0 Å². The molecular weight excluding hydrogens is 324 g/mol. The number of nitrogens with zero attached hydrogens (tertiary/aromatic N) is 1. The quantitative estimate of drug-likeness (QED) is 0.664. The molecule has 0 fully saturated rings. The van der Waals surface area contributed by atoms with Gasteiger partial charge in [0, 0.05) is 17.0 Å². The maximum atomic E-state index is 12.4. The van der Waals surface area contributed by atoms with Gasteiger partial charge in [0.25, 0.3) is 5.91 Å². The number of hydrogen-bond donors (Lipinski definition) is 3. The van der Waals surface area contributed by atoms with Crippen molar-refractivity contribution in [3.8, 4) is 0 Å². The number of carbonyl (C=O) groups is 1. The number of nitrogens with one attached hydrogen (secondary N) is 3. The lowest BCUT2D eigenvalue weighted by molar-refractivity contribution is 0.0942. The second kappa shape index (κ2) is 6.62. The van der Waals surface area contributed by atoms with Crippen LogP contribution in [0.15, 0.2) is 34.4 Å². The van der Waals surface area contributed by atoms with Crippen LogP contribution in [0.3, 0.4) is 0 Å². The molecule has 3 rings (SSSR count). The number of carbonyl (C=O) groups excluding carboxylic acids is 1. The van der Waals surface area contributed by atoms with Crippen molar-refractivity contribution in [3.63, 3.8) is 0 Å². The topological polar surface area (TPSA) is 81.0 Å². The van der Waals surface area contributed by atoms with Crippen molar-refractivity contribution in [3.05, 3.63) is 56.1 Å². The third-order valence-corrected chi connectivity index (χ3v) is 5.18. The van der Waals surface area contributed by atoms with Gasteiger partial charge < -0.3 is 20.2 Å². The summed E-state index contributed by atoms with van der Waals surface area (Å²) in [6.07, 6.45) is 0. The second-order valence-corrected chi connectivity index (χ2v) is 6.94. The van der Waals surface area contributed by atoms with E-state index in [9.17, 15) is 9.59 Å². The van der Waals surface area contributed by atoms with Crippen LogP contribution in [0.4, 0.5) is 0 Å². The first-order chi connectivity index (χ1) is 11.5. The van der Waals surface area contributed by atoms with Crippen LogP contribution in [-0.2, 0) is 0 Å². The van der Waals surface area contributed by atoms with Gasteiger partial charge in [-0.25, -0.2) is 4.79 Å². The minimum absolute atomic E-state index is 0.129. The Morgan fingerprint density at radius 2 is 2.00 bits per heavy atom. The molecule has 0 aliphatic heterocycles. The Labute approximate surface area is 143 Å². The van der Waals surface area contributed by atoms with Crippen molar-refractivity contribution >= 4 is 28.3 Å². The van der Waals surface area contributed by atoms with Crippen molar-refractivity contribution in [2.75, 3.05) is 20.6 Å². The number of aromatic amines is 2. The zero-order valence-corrected chi connectivity index (χ0v) is 14.7. The number of likely N-dealkylation sites (N-methyl/N-ethyl adjacent to an activating group) is 1. The molecule has 2 heterocycles. The summed E-state index contributed by atoms with van der Waals surface area (Å²) in [5.74, 6) is -0.153. The maximum absolute atomic E-state index is 12.4. The number of hydrogen-bond acceptors (Lipinski definition) is 4. The average Bonchev–Trinajstić information content (AvgIpc) is 3.11. The molecule has 0 radical (unpaired) electrons. The van der Waals surface area contributed by atoms with Crippen molar-refractivity contribution in [1.29, 1.82) is 0 Å². The van der Waals surface area contributed by atoms with E-state index in [0.29, 0.717) is 23.1 Å².